The van der Waals surface area contributed by atoms with Crippen molar-refractivity contribution in [3.63, 3.8) is 0 Å². The minimum Gasteiger partial charge on any atom is -0.376 e. The topological polar surface area (TPSA) is 54.5 Å². The highest BCUT2D eigenvalue weighted by Gasteiger charge is 2.43. The van der Waals surface area contributed by atoms with Crippen LogP contribution in [0.15, 0.2) is 42.7 Å². The first-order valence-electron chi connectivity index (χ1n) is 9.06. The Morgan fingerprint density at radius 1 is 1.19 bits per heavy atom. The minimum absolute atomic E-state index is 0.113. The van der Waals surface area contributed by atoms with Crippen LogP contribution >= 0.6 is 0 Å². The molecule has 3 heterocycles. The lowest BCUT2D eigenvalue weighted by atomic mass is 9.93. The van der Waals surface area contributed by atoms with E-state index in [1.165, 1.54) is 6.07 Å². The molecule has 1 N–H and O–H groups in total. The van der Waals surface area contributed by atoms with Crippen LogP contribution in [0.4, 0.5) is 8.78 Å². The van der Waals surface area contributed by atoms with E-state index in [1.807, 2.05) is 0 Å². The maximum absolute atomic E-state index is 13.4. The average molecular weight is 373 g/mol. The zero-order chi connectivity index (χ0) is 18.8. The lowest BCUT2D eigenvalue weighted by molar-refractivity contribution is 0.0903. The van der Waals surface area contributed by atoms with Crippen molar-refractivity contribution in [1.29, 1.82) is 0 Å². The van der Waals surface area contributed by atoms with Gasteiger partial charge in [-0.15, -0.1) is 0 Å². The number of nitrogens with zero attached hydrogens (tertiary/aromatic N) is 2. The molecule has 2 saturated heterocycles. The number of ether oxygens (including phenoxy) is 1. The molecule has 2 aliphatic rings. The van der Waals surface area contributed by atoms with Crippen molar-refractivity contribution in [2.75, 3.05) is 26.2 Å². The number of fused-ring (bicyclic) bond motifs is 1. The molecule has 27 heavy (non-hydrogen) atoms. The van der Waals surface area contributed by atoms with Crippen molar-refractivity contribution in [2.45, 2.75) is 12.6 Å². The molecule has 5 nitrogen and oxygen atoms in total. The first-order chi connectivity index (χ1) is 13.1. The molecule has 0 saturated carbocycles. The van der Waals surface area contributed by atoms with Crippen LogP contribution in [0, 0.1) is 23.5 Å². The van der Waals surface area contributed by atoms with Gasteiger partial charge >= 0.3 is 0 Å². The predicted molar refractivity (Wildman–Crippen MR) is 94.9 cm³/mol. The van der Waals surface area contributed by atoms with E-state index in [0.29, 0.717) is 31.2 Å². The van der Waals surface area contributed by atoms with Crippen LogP contribution in [0.3, 0.4) is 0 Å². The van der Waals surface area contributed by atoms with Crippen molar-refractivity contribution in [2.24, 2.45) is 11.8 Å². The van der Waals surface area contributed by atoms with Gasteiger partial charge in [-0.25, -0.2) is 8.78 Å². The molecular formula is C20H21F2N3O2. The van der Waals surface area contributed by atoms with E-state index in [4.69, 9.17) is 4.74 Å². The Labute approximate surface area is 156 Å². The fourth-order valence-corrected chi connectivity index (χ4v) is 3.94. The van der Waals surface area contributed by atoms with E-state index >= 15 is 0 Å². The van der Waals surface area contributed by atoms with E-state index in [1.54, 1.807) is 30.6 Å². The number of carbonyl (C=O) groups is 1. The minimum atomic E-state index is -0.828. The molecule has 0 unspecified atom stereocenters. The van der Waals surface area contributed by atoms with Gasteiger partial charge in [0.1, 0.15) is 0 Å². The first kappa shape index (κ1) is 18.0. The lowest BCUT2D eigenvalue weighted by Gasteiger charge is -2.20. The molecule has 142 valence electrons. The Hall–Kier alpha value is -2.38. The Kier molecular flexibility index (Phi) is 5.13. The number of amides is 1. The molecule has 0 aliphatic carbocycles. The Morgan fingerprint density at radius 3 is 2.78 bits per heavy atom. The maximum Gasteiger partial charge on any atom is 0.251 e. The van der Waals surface area contributed by atoms with Gasteiger partial charge in [-0.3, -0.25) is 14.7 Å². The number of hydrogen-bond donors (Lipinski definition) is 1. The van der Waals surface area contributed by atoms with Crippen LogP contribution in [0.5, 0.6) is 0 Å². The molecule has 1 aromatic carbocycles. The van der Waals surface area contributed by atoms with Crippen LogP contribution in [0.25, 0.3) is 0 Å². The number of carbonyl (C=O) groups excluding carboxylic acids is 1. The molecule has 1 aromatic heterocycles. The van der Waals surface area contributed by atoms with Gasteiger partial charge in [0.05, 0.1) is 12.7 Å². The number of nitrogens with one attached hydrogen (secondary N) is 1. The third kappa shape index (κ3) is 3.99. The van der Waals surface area contributed by atoms with Crippen LogP contribution < -0.4 is 5.32 Å². The van der Waals surface area contributed by atoms with E-state index in [9.17, 15) is 13.6 Å². The summed E-state index contributed by atoms with van der Waals surface area (Å²) in [5.74, 6) is -1.19. The molecule has 4 rings (SSSR count). The summed E-state index contributed by atoms with van der Waals surface area (Å²) in [5.41, 5.74) is 1.34. The van der Waals surface area contributed by atoms with Crippen LogP contribution in [-0.4, -0.2) is 48.1 Å². The molecule has 0 spiro atoms. The van der Waals surface area contributed by atoms with Crippen molar-refractivity contribution in [3.05, 3.63) is 65.5 Å². The summed E-state index contributed by atoms with van der Waals surface area (Å²) in [6, 6.07) is 7.39. The van der Waals surface area contributed by atoms with Gasteiger partial charge in [0.2, 0.25) is 0 Å². The maximum atomic E-state index is 13.4. The van der Waals surface area contributed by atoms with Gasteiger partial charge in [-0.2, -0.15) is 0 Å². The number of aromatic nitrogens is 1. The molecule has 1 amide bonds. The highest BCUT2D eigenvalue weighted by Crippen LogP contribution is 2.34. The SMILES string of the molecule is O=C(NC[C@@H]1CO[C@H]2CN(Cc3ccc(F)c(F)c3)C[C@@H]12)c1ccncc1. The van der Waals surface area contributed by atoms with Crippen LogP contribution in [0.2, 0.25) is 0 Å². The highest BCUT2D eigenvalue weighted by atomic mass is 19.2. The Morgan fingerprint density at radius 2 is 2.00 bits per heavy atom. The number of benzene rings is 1. The summed E-state index contributed by atoms with van der Waals surface area (Å²) >= 11 is 0. The number of halogens is 2. The van der Waals surface area contributed by atoms with E-state index in [-0.39, 0.29) is 17.9 Å². The zero-order valence-corrected chi connectivity index (χ0v) is 14.8. The van der Waals surface area contributed by atoms with Gasteiger partial charge in [0.25, 0.3) is 5.91 Å². The van der Waals surface area contributed by atoms with E-state index in [0.717, 1.165) is 24.7 Å². The molecule has 7 heteroatoms. The smallest absolute Gasteiger partial charge is 0.251 e. The first-order valence-corrected chi connectivity index (χ1v) is 9.06. The van der Waals surface area contributed by atoms with Gasteiger partial charge in [-0.05, 0) is 29.8 Å². The highest BCUT2D eigenvalue weighted by molar-refractivity contribution is 5.93. The van der Waals surface area contributed by atoms with Crippen molar-refractivity contribution in [3.8, 4) is 0 Å². The lowest BCUT2D eigenvalue weighted by Crippen LogP contribution is -2.34. The predicted octanol–water partition coefficient (Wildman–Crippen LogP) is 2.24. The van der Waals surface area contributed by atoms with Crippen molar-refractivity contribution < 1.29 is 18.3 Å². The molecule has 0 bridgehead atoms. The average Bonchev–Trinajstić information content (AvgIpc) is 3.24. The van der Waals surface area contributed by atoms with Crippen molar-refractivity contribution in [1.82, 2.24) is 15.2 Å². The van der Waals surface area contributed by atoms with Gasteiger partial charge < -0.3 is 10.1 Å². The van der Waals surface area contributed by atoms with Gasteiger partial charge in [0, 0.05) is 56.0 Å². The van der Waals surface area contributed by atoms with E-state index in [2.05, 4.69) is 15.2 Å². The molecular weight excluding hydrogens is 352 g/mol. The van der Waals surface area contributed by atoms with Crippen LogP contribution in [-0.2, 0) is 11.3 Å². The molecule has 2 aromatic rings. The third-order valence-electron chi connectivity index (χ3n) is 5.37. The van der Waals surface area contributed by atoms with Gasteiger partial charge in [0.15, 0.2) is 11.6 Å². The monoisotopic (exact) mass is 373 g/mol. The standard InChI is InChI=1S/C20H21F2N3O2/c21-17-2-1-13(7-18(17)22)9-25-10-16-15(12-27-19(16)11-25)8-24-20(26)14-3-5-23-6-4-14/h1-7,15-16,19H,8-12H2,(H,24,26)/t15-,16+,19+/m1/s1. The third-order valence-corrected chi connectivity index (χ3v) is 5.37. The van der Waals surface area contributed by atoms with Gasteiger partial charge in [-0.1, -0.05) is 6.07 Å². The summed E-state index contributed by atoms with van der Waals surface area (Å²) in [6.07, 6.45) is 3.31. The van der Waals surface area contributed by atoms with Crippen molar-refractivity contribution >= 4 is 5.91 Å². The molecule has 2 fully saturated rings. The zero-order valence-electron chi connectivity index (χ0n) is 14.8. The summed E-state index contributed by atoms with van der Waals surface area (Å²) in [5, 5.41) is 2.98. The Balaban J connectivity index is 1.31. The summed E-state index contributed by atoms with van der Waals surface area (Å²) < 4.78 is 32.4. The quantitative estimate of drug-likeness (QED) is 0.873. The second-order valence-corrected chi connectivity index (χ2v) is 7.18. The number of rotatable bonds is 5. The number of likely N-dealkylation sites (tertiary alicyclic amines) is 1. The number of hydrogen-bond acceptors (Lipinski definition) is 4. The normalized spacial score (nSPS) is 24.7. The molecule has 2 aliphatic heterocycles. The molecule has 0 radical (unpaired) electrons. The second kappa shape index (κ2) is 7.70. The Bertz CT molecular complexity index is 818. The fourth-order valence-electron chi connectivity index (χ4n) is 3.94. The fraction of sp³-hybridized carbons (Fsp3) is 0.400. The van der Waals surface area contributed by atoms with E-state index < -0.39 is 11.6 Å². The largest absolute Gasteiger partial charge is 0.376 e. The summed E-state index contributed by atoms with van der Waals surface area (Å²) in [7, 11) is 0. The summed E-state index contributed by atoms with van der Waals surface area (Å²) in [4.78, 5) is 18.3. The second-order valence-electron chi connectivity index (χ2n) is 7.18. The van der Waals surface area contributed by atoms with Crippen LogP contribution in [0.1, 0.15) is 15.9 Å². The summed E-state index contributed by atoms with van der Waals surface area (Å²) in [6.45, 7) is 3.33. The molecule has 3 atom stereocenters. The number of pyridine rings is 1.